The number of amides is 4. The van der Waals surface area contributed by atoms with E-state index in [2.05, 4.69) is 5.32 Å². The van der Waals surface area contributed by atoms with Crippen molar-refractivity contribution in [2.24, 2.45) is 17.8 Å². The van der Waals surface area contributed by atoms with Gasteiger partial charge in [-0.25, -0.2) is 9.69 Å². The van der Waals surface area contributed by atoms with E-state index in [4.69, 9.17) is 16.0 Å². The number of carbonyl (C=O) groups is 3. The number of hydrogen-bond donors (Lipinski definition) is 1. The number of furan rings is 1. The fraction of sp³-hybridized carbons (Fsp3) is 0.323. The monoisotopic (exact) mass is 571 g/mol. The van der Waals surface area contributed by atoms with Gasteiger partial charge < -0.3 is 4.42 Å². The molecule has 3 aromatic rings. The number of hydrogen-bond acceptors (Lipinski definition) is 6. The molecule has 2 heterocycles. The quantitative estimate of drug-likeness (QED) is 0.158. The molecule has 1 saturated heterocycles. The Morgan fingerprint density at radius 1 is 0.951 bits per heavy atom. The van der Waals surface area contributed by atoms with E-state index < -0.39 is 22.8 Å². The van der Waals surface area contributed by atoms with E-state index >= 15 is 0 Å². The van der Waals surface area contributed by atoms with Crippen LogP contribution in [-0.2, 0) is 15.0 Å². The number of carbonyl (C=O) groups excluding carboxylic acids is 3. The van der Waals surface area contributed by atoms with Gasteiger partial charge in [0.2, 0.25) is 0 Å². The minimum absolute atomic E-state index is 0.120. The highest BCUT2D eigenvalue weighted by molar-refractivity contribution is 6.39. The third-order valence-electron chi connectivity index (χ3n) is 9.21. The lowest BCUT2D eigenvalue weighted by Gasteiger charge is -2.57. The second-order valence-corrected chi connectivity index (χ2v) is 12.3. The number of barbiturate groups is 1. The van der Waals surface area contributed by atoms with Crippen LogP contribution in [0.2, 0.25) is 5.02 Å². The number of nitrogens with one attached hydrogen (secondary N) is 1. The summed E-state index contributed by atoms with van der Waals surface area (Å²) >= 11 is 5.91. The Labute approximate surface area is 240 Å². The lowest BCUT2D eigenvalue weighted by Crippen LogP contribution is -2.54. The molecule has 4 amide bonds. The zero-order valence-corrected chi connectivity index (χ0v) is 22.7. The van der Waals surface area contributed by atoms with E-state index in [1.54, 1.807) is 12.1 Å². The van der Waals surface area contributed by atoms with Gasteiger partial charge in [0, 0.05) is 11.1 Å². The minimum atomic E-state index is -0.850. The highest BCUT2D eigenvalue weighted by Crippen LogP contribution is 2.60. The largest absolute Gasteiger partial charge is 0.456 e. The molecule has 9 nitrogen and oxygen atoms in total. The molecule has 0 radical (unpaired) electrons. The first-order valence-electron chi connectivity index (χ1n) is 13.8. The summed E-state index contributed by atoms with van der Waals surface area (Å²) in [7, 11) is 0. The predicted molar refractivity (Wildman–Crippen MR) is 151 cm³/mol. The highest BCUT2D eigenvalue weighted by Gasteiger charge is 2.51. The average molecular weight is 572 g/mol. The fourth-order valence-electron chi connectivity index (χ4n) is 7.90. The number of nitro groups is 1. The van der Waals surface area contributed by atoms with Crippen molar-refractivity contribution in [1.29, 1.82) is 0 Å². The number of halogens is 1. The topological polar surface area (TPSA) is 123 Å². The van der Waals surface area contributed by atoms with Crippen molar-refractivity contribution < 1.29 is 23.7 Å². The van der Waals surface area contributed by atoms with E-state index in [-0.39, 0.29) is 38.8 Å². The smallest absolute Gasteiger partial charge is 0.335 e. The molecule has 5 aliphatic rings. The fourth-order valence-corrected chi connectivity index (χ4v) is 8.07. The molecule has 1 aliphatic heterocycles. The zero-order valence-electron chi connectivity index (χ0n) is 22.0. The molecule has 41 heavy (non-hydrogen) atoms. The summed E-state index contributed by atoms with van der Waals surface area (Å²) in [5, 5.41) is 13.9. The number of anilines is 1. The summed E-state index contributed by atoms with van der Waals surface area (Å²) in [5.41, 5.74) is 1.47. The molecule has 4 saturated carbocycles. The first kappa shape index (κ1) is 25.7. The Bertz CT molecular complexity index is 1620. The zero-order chi connectivity index (χ0) is 28.5. The Hall–Kier alpha value is -4.24. The lowest BCUT2D eigenvalue weighted by molar-refractivity contribution is -0.384. The maximum Gasteiger partial charge on any atom is 0.335 e. The molecular formula is C31H26ClN3O6. The van der Waals surface area contributed by atoms with Gasteiger partial charge in [0.1, 0.15) is 17.1 Å². The summed E-state index contributed by atoms with van der Waals surface area (Å²) in [6, 6.07) is 14.0. The molecule has 8 rings (SSSR count). The van der Waals surface area contributed by atoms with E-state index in [0.717, 1.165) is 22.7 Å². The van der Waals surface area contributed by atoms with Crippen LogP contribution in [-0.4, -0.2) is 22.8 Å². The third kappa shape index (κ3) is 4.35. The van der Waals surface area contributed by atoms with Crippen molar-refractivity contribution in [2.45, 2.75) is 43.9 Å². The van der Waals surface area contributed by atoms with E-state index in [0.29, 0.717) is 5.69 Å². The van der Waals surface area contributed by atoms with Gasteiger partial charge in [-0.15, -0.1) is 0 Å². The Balaban J connectivity index is 1.16. The number of benzene rings is 2. The summed E-state index contributed by atoms with van der Waals surface area (Å²) in [6.07, 6.45) is 8.86. The van der Waals surface area contributed by atoms with E-state index in [1.807, 2.05) is 12.1 Å². The standard InChI is InChI=1S/C31H26ClN3O6/c32-21-3-7-24(26(12-21)35(39)40)27-8-6-23(41-27)13-25-28(36)33-30(38)34(29(25)37)22-4-1-20(2-5-22)31-14-17-9-18(15-31)11-19(10-17)16-31/h1-8,12-13,17-19H,9-11,14-16H2,(H,33,36,38)/b25-13+. The van der Waals surface area contributed by atoms with Crippen molar-refractivity contribution in [1.82, 2.24) is 5.32 Å². The van der Waals surface area contributed by atoms with Gasteiger partial charge in [-0.1, -0.05) is 23.7 Å². The van der Waals surface area contributed by atoms with Gasteiger partial charge in [-0.05, 0) is 110 Å². The van der Waals surface area contributed by atoms with Gasteiger partial charge in [0.05, 0.1) is 16.2 Å². The maximum atomic E-state index is 13.4. The van der Waals surface area contributed by atoms with Gasteiger partial charge in [-0.2, -0.15) is 0 Å². The summed E-state index contributed by atoms with van der Waals surface area (Å²) in [4.78, 5) is 50.8. The van der Waals surface area contributed by atoms with Crippen LogP contribution in [0.15, 0.2) is 64.6 Å². The summed E-state index contributed by atoms with van der Waals surface area (Å²) in [5.74, 6) is 1.03. The molecule has 0 spiro atoms. The van der Waals surface area contributed by atoms with Gasteiger partial charge >= 0.3 is 6.03 Å². The molecule has 1 aromatic heterocycles. The average Bonchev–Trinajstić information content (AvgIpc) is 3.39. The number of nitrogens with zero attached hydrogens (tertiary/aromatic N) is 2. The highest BCUT2D eigenvalue weighted by atomic mass is 35.5. The van der Waals surface area contributed by atoms with Gasteiger partial charge in [0.15, 0.2) is 0 Å². The van der Waals surface area contributed by atoms with Crippen LogP contribution in [0.5, 0.6) is 0 Å². The summed E-state index contributed by atoms with van der Waals surface area (Å²) in [6.45, 7) is 0. The molecule has 4 aliphatic carbocycles. The molecule has 10 heteroatoms. The Kier molecular flexibility index (Phi) is 5.90. The van der Waals surface area contributed by atoms with Crippen LogP contribution in [0.1, 0.15) is 49.8 Å². The van der Waals surface area contributed by atoms with E-state index in [1.165, 1.54) is 80.5 Å². The van der Waals surface area contributed by atoms with Crippen LogP contribution < -0.4 is 10.2 Å². The van der Waals surface area contributed by atoms with Crippen LogP contribution >= 0.6 is 11.6 Å². The minimum Gasteiger partial charge on any atom is -0.456 e. The SMILES string of the molecule is O=C1NC(=O)N(c2ccc(C34CC5CC(CC(C5)C3)C4)cc2)C(=O)/C1=C/c1ccc(-c2ccc(Cl)cc2[N+](=O)[O-])o1. The van der Waals surface area contributed by atoms with Gasteiger partial charge in [-0.3, -0.25) is 25.0 Å². The Morgan fingerprint density at radius 3 is 2.24 bits per heavy atom. The van der Waals surface area contributed by atoms with Crippen molar-refractivity contribution in [3.05, 3.63) is 86.6 Å². The van der Waals surface area contributed by atoms with E-state index in [9.17, 15) is 24.5 Å². The first-order chi connectivity index (χ1) is 19.7. The van der Waals surface area contributed by atoms with Gasteiger partial charge in [0.25, 0.3) is 17.5 Å². The van der Waals surface area contributed by atoms with Crippen molar-refractivity contribution in [2.75, 3.05) is 4.90 Å². The lowest BCUT2D eigenvalue weighted by atomic mass is 9.48. The first-order valence-corrected chi connectivity index (χ1v) is 14.1. The molecule has 0 unspecified atom stereocenters. The van der Waals surface area contributed by atoms with Crippen LogP contribution in [0.25, 0.3) is 17.4 Å². The normalized spacial score (nSPS) is 27.9. The van der Waals surface area contributed by atoms with Crippen molar-refractivity contribution in [3.8, 4) is 11.3 Å². The number of imide groups is 2. The predicted octanol–water partition coefficient (Wildman–Crippen LogP) is 6.64. The molecule has 0 atom stereocenters. The molecule has 2 aromatic carbocycles. The third-order valence-corrected chi connectivity index (χ3v) is 9.45. The number of urea groups is 1. The molecule has 4 bridgehead atoms. The second-order valence-electron chi connectivity index (χ2n) is 11.8. The van der Waals surface area contributed by atoms with Crippen molar-refractivity contribution >= 4 is 46.9 Å². The number of nitro benzene ring substituents is 1. The molecule has 1 N–H and O–H groups in total. The molecular weight excluding hydrogens is 546 g/mol. The van der Waals surface area contributed by atoms with Crippen LogP contribution in [0.4, 0.5) is 16.2 Å². The second kappa shape index (κ2) is 9.41. The van der Waals surface area contributed by atoms with Crippen molar-refractivity contribution in [3.63, 3.8) is 0 Å². The maximum absolute atomic E-state index is 13.4. The molecule has 5 fully saturated rings. The Morgan fingerprint density at radius 2 is 1.61 bits per heavy atom. The van der Waals surface area contributed by atoms with Crippen LogP contribution in [0, 0.1) is 27.9 Å². The number of rotatable bonds is 5. The molecule has 208 valence electrons. The summed E-state index contributed by atoms with van der Waals surface area (Å²) < 4.78 is 5.74. The van der Waals surface area contributed by atoms with Crippen LogP contribution in [0.3, 0.4) is 0 Å².